The van der Waals surface area contributed by atoms with Gasteiger partial charge in [-0.1, -0.05) is 13.8 Å². The first kappa shape index (κ1) is 15.4. The number of ketones is 1. The summed E-state index contributed by atoms with van der Waals surface area (Å²) in [6, 6.07) is 0. The van der Waals surface area contributed by atoms with Crippen LogP contribution >= 0.6 is 0 Å². The lowest BCUT2D eigenvalue weighted by atomic mass is 9.42. The van der Waals surface area contributed by atoms with Gasteiger partial charge in [0.05, 0.1) is 11.0 Å². The van der Waals surface area contributed by atoms with Crippen molar-refractivity contribution in [2.75, 3.05) is 13.1 Å². The Morgan fingerprint density at radius 2 is 1.92 bits per heavy atom. The minimum absolute atomic E-state index is 0.0691. The van der Waals surface area contributed by atoms with Gasteiger partial charge in [0.25, 0.3) is 0 Å². The lowest BCUT2D eigenvalue weighted by molar-refractivity contribution is -0.294. The summed E-state index contributed by atoms with van der Waals surface area (Å²) >= 11 is 0. The molecule has 4 bridgehead atoms. The molecule has 7 atom stereocenters. The van der Waals surface area contributed by atoms with E-state index >= 15 is 0 Å². The highest BCUT2D eigenvalue weighted by molar-refractivity contribution is 6.02. The van der Waals surface area contributed by atoms with E-state index < -0.39 is 16.7 Å². The topological polar surface area (TPSA) is 60.8 Å². The minimum Gasteiger partial charge on any atom is -0.385 e. The third-order valence-electron chi connectivity index (χ3n) is 9.77. The van der Waals surface area contributed by atoms with Gasteiger partial charge in [-0.05, 0) is 66.9 Å². The van der Waals surface area contributed by atoms with Gasteiger partial charge < -0.3 is 10.2 Å². The third-order valence-corrected chi connectivity index (χ3v) is 9.77. The maximum Gasteiger partial charge on any atom is 0.160 e. The van der Waals surface area contributed by atoms with Crippen molar-refractivity contribution in [2.24, 2.45) is 28.6 Å². The summed E-state index contributed by atoms with van der Waals surface area (Å²) in [5.74, 6) is 1.37. The molecule has 4 fully saturated rings. The van der Waals surface area contributed by atoms with Crippen molar-refractivity contribution < 1.29 is 15.0 Å². The van der Waals surface area contributed by atoms with Crippen LogP contribution in [-0.2, 0) is 4.79 Å². The van der Waals surface area contributed by atoms with E-state index in [4.69, 9.17) is 0 Å². The van der Waals surface area contributed by atoms with Gasteiger partial charge in [-0.15, -0.1) is 0 Å². The van der Waals surface area contributed by atoms with Gasteiger partial charge in [0, 0.05) is 25.4 Å². The van der Waals surface area contributed by atoms with E-state index in [1.165, 1.54) is 0 Å². The largest absolute Gasteiger partial charge is 0.385 e. The number of nitrogens with zero attached hydrogens (tertiary/aromatic N) is 1. The summed E-state index contributed by atoms with van der Waals surface area (Å²) in [5, 5.41) is 24.0. The molecule has 2 N–H and O–H groups in total. The Labute approximate surface area is 149 Å². The van der Waals surface area contributed by atoms with Gasteiger partial charge >= 0.3 is 0 Å². The first-order valence-electron chi connectivity index (χ1n) is 10.2. The molecule has 4 nitrogen and oxygen atoms in total. The molecule has 2 heterocycles. The monoisotopic (exact) mass is 343 g/mol. The zero-order valence-electron chi connectivity index (χ0n) is 15.3. The van der Waals surface area contributed by atoms with E-state index in [1.807, 2.05) is 0 Å². The summed E-state index contributed by atoms with van der Waals surface area (Å²) in [7, 11) is 0. The van der Waals surface area contributed by atoms with Gasteiger partial charge in [-0.3, -0.25) is 9.69 Å². The standard InChI is InChI=1S/C21H29NO3/c1-12-10-22-11-13-3-7-19(24)8-4-14-16(23)9-20(17(14)19)18(13,2)6-5-15(12)21(20,22)25/h12-13,15,24-25H,3-11H2,1-2H3. The average Bonchev–Trinajstić information content (AvgIpc) is 3.13. The highest BCUT2D eigenvalue weighted by Gasteiger charge is 2.81. The van der Waals surface area contributed by atoms with Crippen molar-refractivity contribution >= 4 is 5.78 Å². The van der Waals surface area contributed by atoms with E-state index in [-0.39, 0.29) is 17.1 Å². The summed E-state index contributed by atoms with van der Waals surface area (Å²) in [6.45, 7) is 6.48. The Kier molecular flexibility index (Phi) is 2.50. The predicted molar refractivity (Wildman–Crippen MR) is 92.5 cm³/mol. The molecule has 4 aliphatic carbocycles. The van der Waals surface area contributed by atoms with Crippen LogP contribution in [0.2, 0.25) is 0 Å². The van der Waals surface area contributed by atoms with Crippen molar-refractivity contribution in [1.29, 1.82) is 0 Å². The fourth-order valence-electron chi connectivity index (χ4n) is 8.75. The summed E-state index contributed by atoms with van der Waals surface area (Å²) in [5.41, 5.74) is -0.515. The van der Waals surface area contributed by atoms with E-state index in [1.54, 1.807) is 0 Å². The van der Waals surface area contributed by atoms with Crippen LogP contribution in [0, 0.1) is 28.6 Å². The molecule has 4 heteroatoms. The number of hydrogen-bond acceptors (Lipinski definition) is 4. The Hall–Kier alpha value is -0.710. The zero-order valence-corrected chi connectivity index (χ0v) is 15.3. The minimum atomic E-state index is -0.939. The molecule has 0 aromatic rings. The number of carbonyl (C=O) groups is 1. The number of Topliss-reactive ketones (excluding diaryl/α,β-unsaturated/α-hetero) is 1. The van der Waals surface area contributed by atoms with Crippen molar-refractivity contribution in [3.05, 3.63) is 11.1 Å². The van der Waals surface area contributed by atoms with Crippen LogP contribution in [-0.4, -0.2) is 45.3 Å². The van der Waals surface area contributed by atoms with Gasteiger partial charge in [0.15, 0.2) is 5.78 Å². The molecule has 1 spiro atoms. The van der Waals surface area contributed by atoms with Crippen LogP contribution in [0.4, 0.5) is 0 Å². The van der Waals surface area contributed by atoms with Crippen LogP contribution in [0.5, 0.6) is 0 Å². The first-order valence-corrected chi connectivity index (χ1v) is 10.2. The second kappa shape index (κ2) is 4.07. The molecule has 0 aromatic carbocycles. The van der Waals surface area contributed by atoms with Gasteiger partial charge in [0.2, 0.25) is 0 Å². The molecular formula is C21H29NO3. The molecule has 2 saturated heterocycles. The SMILES string of the molecule is CC1CN2CC3CCC4(O)CCC5=C4C4(CC5=O)C3(C)CCC1C24O. The van der Waals surface area contributed by atoms with Crippen LogP contribution in [0.3, 0.4) is 0 Å². The van der Waals surface area contributed by atoms with E-state index in [2.05, 4.69) is 18.7 Å². The number of carbonyl (C=O) groups excluding carboxylic acids is 1. The van der Waals surface area contributed by atoms with Crippen molar-refractivity contribution in [3.8, 4) is 0 Å². The molecule has 6 aliphatic rings. The van der Waals surface area contributed by atoms with Gasteiger partial charge in [-0.25, -0.2) is 0 Å². The smallest absolute Gasteiger partial charge is 0.160 e. The maximum atomic E-state index is 13.1. The number of rotatable bonds is 0. The van der Waals surface area contributed by atoms with Crippen LogP contribution in [0.25, 0.3) is 0 Å². The van der Waals surface area contributed by atoms with Crippen LogP contribution in [0.1, 0.15) is 58.8 Å². The quantitative estimate of drug-likeness (QED) is 0.708. The number of piperidine rings is 1. The number of hydrogen-bond donors (Lipinski definition) is 2. The van der Waals surface area contributed by atoms with E-state index in [0.29, 0.717) is 31.1 Å². The van der Waals surface area contributed by atoms with Gasteiger partial charge in [0.1, 0.15) is 5.72 Å². The molecule has 2 saturated carbocycles. The molecular weight excluding hydrogens is 314 g/mol. The predicted octanol–water partition coefficient (Wildman–Crippen LogP) is 2.25. The second-order valence-corrected chi connectivity index (χ2v) is 10.3. The molecule has 6 rings (SSSR count). The van der Waals surface area contributed by atoms with Crippen LogP contribution < -0.4 is 0 Å². The number of allylic oxidation sites excluding steroid dienone is 1. The van der Waals surface area contributed by atoms with E-state index in [9.17, 15) is 15.0 Å². The summed E-state index contributed by atoms with van der Waals surface area (Å²) < 4.78 is 0. The third kappa shape index (κ3) is 1.29. The zero-order chi connectivity index (χ0) is 17.4. The number of aliphatic hydroxyl groups is 2. The molecule has 2 aliphatic heterocycles. The van der Waals surface area contributed by atoms with Crippen LogP contribution in [0.15, 0.2) is 11.1 Å². The summed E-state index contributed by atoms with van der Waals surface area (Å²) in [6.07, 6.45) is 5.76. The molecule has 0 radical (unpaired) electrons. The fourth-order valence-corrected chi connectivity index (χ4v) is 8.75. The molecule has 0 aromatic heterocycles. The highest BCUT2D eigenvalue weighted by Crippen LogP contribution is 2.78. The Bertz CT molecular complexity index is 745. The Morgan fingerprint density at radius 3 is 2.72 bits per heavy atom. The highest BCUT2D eigenvalue weighted by atomic mass is 16.3. The van der Waals surface area contributed by atoms with Crippen molar-refractivity contribution in [1.82, 2.24) is 4.90 Å². The summed E-state index contributed by atoms with van der Waals surface area (Å²) in [4.78, 5) is 15.4. The van der Waals surface area contributed by atoms with Crippen molar-refractivity contribution in [2.45, 2.75) is 70.1 Å². The molecule has 25 heavy (non-hydrogen) atoms. The molecule has 136 valence electrons. The molecule has 7 unspecified atom stereocenters. The maximum absolute atomic E-state index is 13.1. The second-order valence-electron chi connectivity index (χ2n) is 10.3. The normalized spacial score (nSPS) is 59.4. The molecule has 0 amide bonds. The lowest BCUT2D eigenvalue weighted by Gasteiger charge is -2.69. The van der Waals surface area contributed by atoms with Crippen molar-refractivity contribution in [3.63, 3.8) is 0 Å². The first-order chi connectivity index (χ1) is 11.8. The van der Waals surface area contributed by atoms with Gasteiger partial charge in [-0.2, -0.15) is 0 Å². The lowest BCUT2D eigenvalue weighted by Crippen LogP contribution is -2.75. The Morgan fingerprint density at radius 1 is 1.12 bits per heavy atom. The fraction of sp³-hybridized carbons (Fsp3) is 0.857. The Balaban J connectivity index is 1.72. The average molecular weight is 343 g/mol. The van der Waals surface area contributed by atoms with E-state index in [0.717, 1.165) is 49.9 Å².